The fourth-order valence-corrected chi connectivity index (χ4v) is 2.32. The largest absolute Gasteiger partial charge is 0.480 e. The number of rotatable bonds is 6. The summed E-state index contributed by atoms with van der Waals surface area (Å²) < 4.78 is 0. The highest BCUT2D eigenvalue weighted by Gasteiger charge is 2.38. The maximum atomic E-state index is 11.3. The van der Waals surface area contributed by atoms with E-state index in [-0.39, 0.29) is 5.52 Å². The Balaban J connectivity index is 2.86. The molecule has 1 aromatic carbocycles. The third-order valence-corrected chi connectivity index (χ3v) is 3.36. The van der Waals surface area contributed by atoms with Crippen molar-refractivity contribution in [1.82, 2.24) is 4.98 Å². The average Bonchev–Trinajstić information content (AvgIpc) is 2.46. The minimum atomic E-state index is -2.19. The van der Waals surface area contributed by atoms with Gasteiger partial charge in [0.05, 0.1) is 11.2 Å². The second-order valence-electron chi connectivity index (χ2n) is 4.87. The topological polar surface area (TPSA) is 162 Å². The van der Waals surface area contributed by atoms with Gasteiger partial charge in [0.15, 0.2) is 11.8 Å². The van der Waals surface area contributed by atoms with Crippen molar-refractivity contribution in [2.24, 2.45) is 0 Å². The van der Waals surface area contributed by atoms with Gasteiger partial charge in [-0.15, -0.1) is 0 Å². The number of nitrogens with zero attached hydrogens (tertiary/aromatic N) is 1. The lowest BCUT2D eigenvalue weighted by Crippen LogP contribution is -2.28. The molecule has 0 aliphatic heterocycles. The minimum absolute atomic E-state index is 0.221. The molecule has 2 aromatic rings. The summed E-state index contributed by atoms with van der Waals surface area (Å²) in [6.07, 6.45) is 0. The summed E-state index contributed by atoms with van der Waals surface area (Å²) in [4.78, 5) is 49.0. The summed E-state index contributed by atoms with van der Waals surface area (Å²) in [6.45, 7) is 0. The fraction of sp³-hybridized carbons (Fsp3) is 0.133. The third-order valence-electron chi connectivity index (χ3n) is 3.36. The van der Waals surface area contributed by atoms with Crippen molar-refractivity contribution >= 4 is 34.8 Å². The SMILES string of the molecule is O=C(O)C(C(=O)O)c1cc2ccccc2nc1C(C(=O)O)C(=O)O. The molecule has 2 rings (SSSR count). The van der Waals surface area contributed by atoms with E-state index in [0.717, 1.165) is 6.07 Å². The average molecular weight is 333 g/mol. The van der Waals surface area contributed by atoms with Gasteiger partial charge in [-0.05, 0) is 12.1 Å². The van der Waals surface area contributed by atoms with Crippen LogP contribution in [-0.4, -0.2) is 49.3 Å². The number of benzene rings is 1. The van der Waals surface area contributed by atoms with Crippen LogP contribution in [0.1, 0.15) is 23.1 Å². The number of pyridine rings is 1. The first kappa shape index (κ1) is 16.9. The Labute approximate surface area is 133 Å². The molecule has 0 unspecified atom stereocenters. The fourth-order valence-electron chi connectivity index (χ4n) is 2.32. The molecule has 24 heavy (non-hydrogen) atoms. The molecule has 0 saturated heterocycles. The number of para-hydroxylation sites is 1. The first-order valence-electron chi connectivity index (χ1n) is 6.54. The highest BCUT2D eigenvalue weighted by molar-refractivity contribution is 6.03. The molecule has 4 N–H and O–H groups in total. The number of aromatic nitrogens is 1. The Morgan fingerprint density at radius 1 is 0.792 bits per heavy atom. The van der Waals surface area contributed by atoms with Gasteiger partial charge in [-0.1, -0.05) is 18.2 Å². The molecule has 0 amide bonds. The Morgan fingerprint density at radius 3 is 1.79 bits per heavy atom. The standard InChI is InChI=1S/C15H11NO8/c17-12(18)9(13(19)20)7-5-6-3-1-2-4-8(6)16-11(7)10(14(21)22)15(23)24/h1-5,9-10H,(H,17,18)(H,19,20)(H,21,22)(H,23,24). The molecule has 124 valence electrons. The van der Waals surface area contributed by atoms with E-state index in [1.807, 2.05) is 0 Å². The van der Waals surface area contributed by atoms with Crippen LogP contribution in [0.5, 0.6) is 0 Å². The number of aliphatic carboxylic acids is 4. The summed E-state index contributed by atoms with van der Waals surface area (Å²) in [6, 6.07) is 7.30. The molecule has 1 heterocycles. The molecule has 0 spiro atoms. The predicted molar refractivity (Wildman–Crippen MR) is 77.8 cm³/mol. The zero-order chi connectivity index (χ0) is 18.0. The minimum Gasteiger partial charge on any atom is -0.480 e. The molecule has 0 aliphatic carbocycles. The van der Waals surface area contributed by atoms with Crippen LogP contribution in [0.2, 0.25) is 0 Å². The highest BCUT2D eigenvalue weighted by atomic mass is 16.4. The first-order valence-corrected chi connectivity index (χ1v) is 6.54. The van der Waals surface area contributed by atoms with Gasteiger partial charge in [-0.3, -0.25) is 24.2 Å². The maximum Gasteiger partial charge on any atom is 0.324 e. The van der Waals surface area contributed by atoms with Gasteiger partial charge in [0.25, 0.3) is 0 Å². The van der Waals surface area contributed by atoms with E-state index in [2.05, 4.69) is 4.98 Å². The number of carboxylic acid groups (broad SMARTS) is 4. The van der Waals surface area contributed by atoms with Crippen molar-refractivity contribution < 1.29 is 39.6 Å². The molecule has 0 bridgehead atoms. The van der Waals surface area contributed by atoms with E-state index in [1.54, 1.807) is 12.1 Å². The smallest absolute Gasteiger partial charge is 0.324 e. The van der Waals surface area contributed by atoms with Crippen molar-refractivity contribution in [1.29, 1.82) is 0 Å². The van der Waals surface area contributed by atoms with Gasteiger partial charge in [-0.2, -0.15) is 0 Å². The van der Waals surface area contributed by atoms with Crippen LogP contribution < -0.4 is 0 Å². The molecular weight excluding hydrogens is 322 g/mol. The van der Waals surface area contributed by atoms with Crippen molar-refractivity contribution in [3.8, 4) is 0 Å². The molecule has 1 aromatic heterocycles. The molecule has 9 heteroatoms. The van der Waals surface area contributed by atoms with Crippen LogP contribution >= 0.6 is 0 Å². The highest BCUT2D eigenvalue weighted by Crippen LogP contribution is 2.30. The predicted octanol–water partition coefficient (Wildman–Crippen LogP) is 0.740. The van der Waals surface area contributed by atoms with E-state index in [0.29, 0.717) is 5.39 Å². The second kappa shape index (κ2) is 6.32. The van der Waals surface area contributed by atoms with E-state index in [9.17, 15) is 19.2 Å². The van der Waals surface area contributed by atoms with Gasteiger partial charge in [0, 0.05) is 10.9 Å². The zero-order valence-electron chi connectivity index (χ0n) is 11.9. The number of carboxylic acids is 4. The number of hydrogen-bond acceptors (Lipinski definition) is 5. The van der Waals surface area contributed by atoms with E-state index in [4.69, 9.17) is 20.4 Å². The Hall–Kier alpha value is -3.49. The van der Waals surface area contributed by atoms with Gasteiger partial charge in [0.1, 0.15) is 0 Å². The first-order chi connectivity index (χ1) is 11.2. The molecule has 0 saturated carbocycles. The molecule has 0 atom stereocenters. The lowest BCUT2D eigenvalue weighted by Gasteiger charge is -2.17. The summed E-state index contributed by atoms with van der Waals surface area (Å²) in [5, 5.41) is 36.9. The molecule has 0 radical (unpaired) electrons. The van der Waals surface area contributed by atoms with Crippen LogP contribution in [0.25, 0.3) is 10.9 Å². The Bertz CT molecular complexity index is 761. The zero-order valence-corrected chi connectivity index (χ0v) is 11.9. The second-order valence-corrected chi connectivity index (χ2v) is 4.87. The molecule has 0 aliphatic rings. The van der Waals surface area contributed by atoms with Crippen LogP contribution in [0, 0.1) is 0 Å². The number of carbonyl (C=O) groups is 4. The van der Waals surface area contributed by atoms with Gasteiger partial charge >= 0.3 is 23.9 Å². The van der Waals surface area contributed by atoms with Crippen molar-refractivity contribution in [2.45, 2.75) is 11.8 Å². The maximum absolute atomic E-state index is 11.3. The van der Waals surface area contributed by atoms with Gasteiger partial charge < -0.3 is 20.4 Å². The van der Waals surface area contributed by atoms with E-state index < -0.39 is 47.0 Å². The molecule has 9 nitrogen and oxygen atoms in total. The van der Waals surface area contributed by atoms with Crippen molar-refractivity contribution in [3.05, 3.63) is 41.6 Å². The third kappa shape index (κ3) is 3.00. The summed E-state index contributed by atoms with van der Waals surface area (Å²) in [5.41, 5.74) is -0.884. The Morgan fingerprint density at radius 2 is 1.29 bits per heavy atom. The summed E-state index contributed by atoms with van der Waals surface area (Å²) in [5.74, 6) is -11.4. The van der Waals surface area contributed by atoms with Gasteiger partial charge in [-0.25, -0.2) is 0 Å². The summed E-state index contributed by atoms with van der Waals surface area (Å²) in [7, 11) is 0. The lowest BCUT2D eigenvalue weighted by molar-refractivity contribution is -0.153. The van der Waals surface area contributed by atoms with Crippen molar-refractivity contribution in [2.75, 3.05) is 0 Å². The molecular formula is C15H11NO8. The quantitative estimate of drug-likeness (QED) is 0.558. The van der Waals surface area contributed by atoms with E-state index >= 15 is 0 Å². The molecule has 0 fully saturated rings. The normalized spacial score (nSPS) is 10.9. The lowest BCUT2D eigenvalue weighted by atomic mass is 9.90. The van der Waals surface area contributed by atoms with Crippen LogP contribution in [0.3, 0.4) is 0 Å². The number of fused-ring (bicyclic) bond motifs is 1. The van der Waals surface area contributed by atoms with Crippen molar-refractivity contribution in [3.63, 3.8) is 0 Å². The van der Waals surface area contributed by atoms with Crippen LogP contribution in [0.15, 0.2) is 30.3 Å². The van der Waals surface area contributed by atoms with Crippen LogP contribution in [-0.2, 0) is 19.2 Å². The monoisotopic (exact) mass is 333 g/mol. The number of hydrogen-bond donors (Lipinski definition) is 4. The van der Waals surface area contributed by atoms with E-state index in [1.165, 1.54) is 12.1 Å². The Kier molecular flexibility index (Phi) is 4.45. The van der Waals surface area contributed by atoms with Gasteiger partial charge in [0.2, 0.25) is 0 Å². The summed E-state index contributed by atoms with van der Waals surface area (Å²) >= 11 is 0. The van der Waals surface area contributed by atoms with Crippen LogP contribution in [0.4, 0.5) is 0 Å².